The number of nitrogens with zero attached hydrogens (tertiary/aromatic N) is 3. The van der Waals surface area contributed by atoms with Crippen LogP contribution < -0.4 is 4.80 Å². The summed E-state index contributed by atoms with van der Waals surface area (Å²) >= 11 is 1.21. The topological polar surface area (TPSA) is 112 Å². The number of nitro groups is 1. The number of fused-ring (bicyclic) bond motifs is 1. The molecule has 1 aromatic heterocycles. The van der Waals surface area contributed by atoms with Crippen LogP contribution in [0.15, 0.2) is 52.4 Å². The van der Waals surface area contributed by atoms with Crippen LogP contribution in [0.5, 0.6) is 0 Å². The average molecular weight is 405 g/mol. The van der Waals surface area contributed by atoms with Crippen molar-refractivity contribution in [2.45, 2.75) is 18.4 Å². The van der Waals surface area contributed by atoms with Gasteiger partial charge in [0.2, 0.25) is 0 Å². The highest BCUT2D eigenvalue weighted by Crippen LogP contribution is 2.23. The van der Waals surface area contributed by atoms with Crippen LogP contribution in [0, 0.1) is 10.1 Å². The zero-order valence-corrected chi connectivity index (χ0v) is 16.1. The first-order valence-corrected chi connectivity index (χ1v) is 10.6. The van der Waals surface area contributed by atoms with E-state index in [4.69, 9.17) is 0 Å². The van der Waals surface area contributed by atoms with Gasteiger partial charge < -0.3 is 4.57 Å². The Balaban J connectivity index is 2.20. The molecule has 0 aliphatic carbocycles. The molecule has 1 heterocycles. The van der Waals surface area contributed by atoms with Crippen molar-refractivity contribution in [2.24, 2.45) is 4.99 Å². The van der Waals surface area contributed by atoms with E-state index >= 15 is 0 Å². The lowest BCUT2D eigenvalue weighted by Crippen LogP contribution is -2.17. The van der Waals surface area contributed by atoms with Crippen molar-refractivity contribution in [3.05, 3.63) is 62.9 Å². The van der Waals surface area contributed by atoms with E-state index in [0.717, 1.165) is 11.0 Å². The number of nitro benzene ring substituents is 1. The zero-order valence-electron chi connectivity index (χ0n) is 14.4. The molecule has 3 rings (SSSR count). The molecule has 0 N–H and O–H groups in total. The van der Waals surface area contributed by atoms with Gasteiger partial charge in [-0.3, -0.25) is 14.9 Å². The molecular weight excluding hydrogens is 390 g/mol. The van der Waals surface area contributed by atoms with Crippen LogP contribution in [0.3, 0.4) is 0 Å². The van der Waals surface area contributed by atoms with Gasteiger partial charge in [-0.2, -0.15) is 4.99 Å². The number of hydrogen-bond acceptors (Lipinski definition) is 6. The Morgan fingerprint density at radius 1 is 1.26 bits per heavy atom. The average Bonchev–Trinajstić information content (AvgIpc) is 2.96. The number of carbonyl (C=O) groups is 1. The third-order valence-electron chi connectivity index (χ3n) is 3.91. The minimum Gasteiger partial charge on any atom is -0.316 e. The highest BCUT2D eigenvalue weighted by Gasteiger charge is 2.18. The van der Waals surface area contributed by atoms with E-state index in [1.165, 1.54) is 41.7 Å². The van der Waals surface area contributed by atoms with Gasteiger partial charge in [-0.05, 0) is 25.1 Å². The van der Waals surface area contributed by atoms with Crippen molar-refractivity contribution in [2.75, 3.05) is 6.26 Å². The number of non-ortho nitro benzene ring substituents is 1. The van der Waals surface area contributed by atoms with Gasteiger partial charge in [-0.1, -0.05) is 23.5 Å². The maximum Gasteiger partial charge on any atom is 0.280 e. The number of thiazole rings is 1. The minimum atomic E-state index is -3.59. The number of aromatic nitrogens is 1. The van der Waals surface area contributed by atoms with Crippen molar-refractivity contribution in [1.29, 1.82) is 0 Å². The maximum atomic E-state index is 12.7. The molecule has 3 aromatic rings. The number of rotatable bonds is 4. The molecule has 140 valence electrons. The van der Waals surface area contributed by atoms with Gasteiger partial charge in [0.1, 0.15) is 0 Å². The Bertz CT molecular complexity index is 1240. The van der Waals surface area contributed by atoms with Gasteiger partial charge in [-0.25, -0.2) is 8.42 Å². The molecule has 0 aliphatic rings. The second-order valence-corrected chi connectivity index (χ2v) is 8.72. The molecule has 1 amide bonds. The molecule has 0 radical (unpaired) electrons. The fourth-order valence-corrected chi connectivity index (χ4v) is 4.63. The van der Waals surface area contributed by atoms with E-state index in [1.54, 1.807) is 16.7 Å². The van der Waals surface area contributed by atoms with Gasteiger partial charge in [0, 0.05) is 24.9 Å². The van der Waals surface area contributed by atoms with Crippen molar-refractivity contribution in [3.8, 4) is 0 Å². The molecule has 0 aliphatic heterocycles. The van der Waals surface area contributed by atoms with Crippen molar-refractivity contribution < 1.29 is 18.1 Å². The van der Waals surface area contributed by atoms with E-state index < -0.39 is 20.7 Å². The number of amides is 1. The van der Waals surface area contributed by atoms with Gasteiger partial charge >= 0.3 is 0 Å². The van der Waals surface area contributed by atoms with E-state index in [-0.39, 0.29) is 16.1 Å². The second-order valence-electron chi connectivity index (χ2n) is 5.72. The lowest BCUT2D eigenvalue weighted by Gasteiger charge is -2.04. The number of benzene rings is 2. The maximum absolute atomic E-state index is 12.7. The summed E-state index contributed by atoms with van der Waals surface area (Å²) in [5.41, 5.74) is 0.536. The Kier molecular flexibility index (Phi) is 4.94. The Morgan fingerprint density at radius 3 is 2.59 bits per heavy atom. The normalized spacial score (nSPS) is 12.4. The molecule has 2 aromatic carbocycles. The van der Waals surface area contributed by atoms with Crippen LogP contribution in [-0.4, -0.2) is 30.1 Å². The molecule has 0 unspecified atom stereocenters. The summed E-state index contributed by atoms with van der Waals surface area (Å²) < 4.78 is 26.3. The molecule has 27 heavy (non-hydrogen) atoms. The van der Waals surface area contributed by atoms with Crippen LogP contribution in [0.25, 0.3) is 10.2 Å². The smallest absolute Gasteiger partial charge is 0.280 e. The van der Waals surface area contributed by atoms with E-state index in [0.29, 0.717) is 16.9 Å². The summed E-state index contributed by atoms with van der Waals surface area (Å²) in [6.45, 7) is 2.28. The summed E-state index contributed by atoms with van der Waals surface area (Å²) in [4.78, 5) is 27.5. The Hall–Kier alpha value is -2.85. The van der Waals surface area contributed by atoms with Gasteiger partial charge in [0.05, 0.1) is 25.6 Å². The number of carbonyl (C=O) groups excluding carboxylic acids is 1. The highest BCUT2D eigenvalue weighted by molar-refractivity contribution is 7.90. The number of aryl methyl sites for hydroxylation is 1. The summed E-state index contributed by atoms with van der Waals surface area (Å²) in [6.07, 6.45) is 1.03. The van der Waals surface area contributed by atoms with Crippen LogP contribution in [0.1, 0.15) is 17.3 Å². The fraction of sp³-hybridized carbons (Fsp3) is 0.176. The van der Waals surface area contributed by atoms with Crippen LogP contribution in [-0.2, 0) is 16.4 Å². The van der Waals surface area contributed by atoms with E-state index in [1.807, 2.05) is 6.92 Å². The first kappa shape index (κ1) is 18.9. The first-order valence-electron chi connectivity index (χ1n) is 7.88. The number of hydrogen-bond donors (Lipinski definition) is 0. The summed E-state index contributed by atoms with van der Waals surface area (Å²) in [6, 6.07) is 10.3. The van der Waals surface area contributed by atoms with Crippen LogP contribution in [0.2, 0.25) is 0 Å². The number of sulfone groups is 1. The third-order valence-corrected chi connectivity index (χ3v) is 6.12. The molecule has 0 atom stereocenters. The summed E-state index contributed by atoms with van der Waals surface area (Å²) in [5.74, 6) is -0.681. The Morgan fingerprint density at radius 2 is 1.96 bits per heavy atom. The molecule has 0 saturated carbocycles. The summed E-state index contributed by atoms with van der Waals surface area (Å²) in [7, 11) is -3.59. The first-order chi connectivity index (χ1) is 12.7. The van der Waals surface area contributed by atoms with Crippen molar-refractivity contribution in [1.82, 2.24) is 4.57 Å². The SMILES string of the molecule is CCn1c(=NC(=O)c2ccccc2S(C)(=O)=O)sc2ccc([N+](=O)[O-])cc21. The monoisotopic (exact) mass is 405 g/mol. The van der Waals surface area contributed by atoms with Gasteiger partial charge in [0.15, 0.2) is 14.6 Å². The quantitative estimate of drug-likeness (QED) is 0.489. The minimum absolute atomic E-state index is 0.00825. The predicted octanol–water partition coefficient (Wildman–Crippen LogP) is 2.78. The predicted molar refractivity (Wildman–Crippen MR) is 102 cm³/mol. The molecule has 0 saturated heterocycles. The molecule has 0 bridgehead atoms. The van der Waals surface area contributed by atoms with E-state index in [9.17, 15) is 23.3 Å². The molecule has 0 spiro atoms. The van der Waals surface area contributed by atoms with Crippen molar-refractivity contribution >= 4 is 43.0 Å². The lowest BCUT2D eigenvalue weighted by atomic mass is 10.2. The van der Waals surface area contributed by atoms with Crippen LogP contribution in [0.4, 0.5) is 5.69 Å². The lowest BCUT2D eigenvalue weighted by molar-refractivity contribution is -0.384. The van der Waals surface area contributed by atoms with Crippen molar-refractivity contribution in [3.63, 3.8) is 0 Å². The third kappa shape index (κ3) is 3.67. The molecular formula is C17H15N3O5S2. The second kappa shape index (κ2) is 7.05. The zero-order chi connectivity index (χ0) is 19.8. The summed E-state index contributed by atoms with van der Waals surface area (Å²) in [5, 5.41) is 11.0. The standard InChI is InChI=1S/C17H15N3O5S2/c1-3-19-13-10-11(20(22)23)8-9-14(13)26-17(19)18-16(21)12-6-4-5-7-15(12)27(2,24)25/h4-10H,3H2,1-2H3. The molecule has 8 nitrogen and oxygen atoms in total. The van der Waals surface area contributed by atoms with Crippen LogP contribution >= 0.6 is 11.3 Å². The highest BCUT2D eigenvalue weighted by atomic mass is 32.2. The molecule has 10 heteroatoms. The Labute approximate surface area is 158 Å². The molecule has 0 fully saturated rings. The fourth-order valence-electron chi connectivity index (χ4n) is 2.68. The van der Waals surface area contributed by atoms with E-state index in [2.05, 4.69) is 4.99 Å². The largest absolute Gasteiger partial charge is 0.316 e. The van der Waals surface area contributed by atoms with Gasteiger partial charge in [-0.15, -0.1) is 0 Å². The van der Waals surface area contributed by atoms with Gasteiger partial charge in [0.25, 0.3) is 11.6 Å².